The number of anilines is 1. The number of rotatable bonds is 5. The van der Waals surface area contributed by atoms with Gasteiger partial charge in [-0.05, 0) is 81.6 Å². The number of carbonyl (C=O) groups is 1. The van der Waals surface area contributed by atoms with Crippen LogP contribution in [-0.4, -0.2) is 35.7 Å². The van der Waals surface area contributed by atoms with Crippen molar-refractivity contribution in [3.63, 3.8) is 0 Å². The van der Waals surface area contributed by atoms with Crippen LogP contribution < -0.4 is 4.90 Å². The summed E-state index contributed by atoms with van der Waals surface area (Å²) in [6, 6.07) is 0. The molecule has 2 unspecified atom stereocenters. The van der Waals surface area contributed by atoms with Crippen LogP contribution in [0.15, 0.2) is 4.47 Å². The normalized spacial score (nSPS) is 23.9. The molecule has 2 fully saturated rings. The van der Waals surface area contributed by atoms with Crippen LogP contribution >= 0.6 is 15.9 Å². The van der Waals surface area contributed by atoms with Gasteiger partial charge in [0.1, 0.15) is 0 Å². The Hall–Kier alpha value is -1.14. The summed E-state index contributed by atoms with van der Waals surface area (Å²) in [4.78, 5) is 20.2. The number of piperidine rings is 1. The largest absolute Gasteiger partial charge is 0.461 e. The molecule has 1 saturated heterocycles. The molecule has 0 amide bonds. The zero-order chi connectivity index (χ0) is 21.9. The molecule has 1 aromatic heterocycles. The summed E-state index contributed by atoms with van der Waals surface area (Å²) in [5.74, 6) is 1.03. The van der Waals surface area contributed by atoms with Crippen molar-refractivity contribution in [2.45, 2.75) is 80.1 Å². The SMILES string of the molecule is Cc1nc(C)c([C@H](OC(C)(C)C)C(=O)OC(C)C)c(N2CC3C(C2)C3(C)C)c1Br. The lowest BCUT2D eigenvalue weighted by molar-refractivity contribution is -0.171. The van der Waals surface area contributed by atoms with Crippen LogP contribution in [-0.2, 0) is 14.3 Å². The average Bonchev–Trinajstić information content (AvgIpc) is 2.93. The molecule has 0 bridgehead atoms. The van der Waals surface area contributed by atoms with Gasteiger partial charge in [-0.3, -0.25) is 4.98 Å². The average molecular weight is 467 g/mol. The van der Waals surface area contributed by atoms with Gasteiger partial charge < -0.3 is 14.4 Å². The maximum absolute atomic E-state index is 13.1. The molecule has 1 aliphatic heterocycles. The summed E-state index contributed by atoms with van der Waals surface area (Å²) in [7, 11) is 0. The van der Waals surface area contributed by atoms with E-state index >= 15 is 0 Å². The molecule has 1 saturated carbocycles. The zero-order valence-electron chi connectivity index (χ0n) is 19.2. The quantitative estimate of drug-likeness (QED) is 0.546. The molecule has 0 radical (unpaired) electrons. The van der Waals surface area contributed by atoms with Gasteiger partial charge in [0.05, 0.1) is 27.6 Å². The summed E-state index contributed by atoms with van der Waals surface area (Å²) in [5, 5.41) is 0. The van der Waals surface area contributed by atoms with Crippen molar-refractivity contribution < 1.29 is 14.3 Å². The lowest BCUT2D eigenvalue weighted by Gasteiger charge is -2.33. The fourth-order valence-corrected chi connectivity index (χ4v) is 5.18. The molecule has 3 rings (SSSR count). The fourth-order valence-electron chi connectivity index (χ4n) is 4.63. The number of esters is 1. The van der Waals surface area contributed by atoms with Gasteiger partial charge in [0.25, 0.3) is 0 Å². The van der Waals surface area contributed by atoms with Crippen LogP contribution in [0.2, 0.25) is 0 Å². The summed E-state index contributed by atoms with van der Waals surface area (Å²) in [6.07, 6.45) is -1.03. The summed E-state index contributed by atoms with van der Waals surface area (Å²) < 4.78 is 12.8. The minimum atomic E-state index is -0.818. The van der Waals surface area contributed by atoms with Gasteiger partial charge >= 0.3 is 5.97 Å². The van der Waals surface area contributed by atoms with E-state index in [2.05, 4.69) is 34.7 Å². The smallest absolute Gasteiger partial charge is 0.340 e. The number of pyridine rings is 1. The molecule has 5 nitrogen and oxygen atoms in total. The first-order chi connectivity index (χ1) is 13.2. The first kappa shape index (κ1) is 22.5. The topological polar surface area (TPSA) is 51.7 Å². The van der Waals surface area contributed by atoms with Crippen LogP contribution in [0.3, 0.4) is 0 Å². The Bertz CT molecular complexity index is 799. The van der Waals surface area contributed by atoms with Crippen molar-refractivity contribution in [3.8, 4) is 0 Å². The molecular weight excluding hydrogens is 432 g/mol. The Morgan fingerprint density at radius 1 is 1.17 bits per heavy atom. The van der Waals surface area contributed by atoms with E-state index in [1.807, 2.05) is 48.5 Å². The Morgan fingerprint density at radius 2 is 1.72 bits per heavy atom. The lowest BCUT2D eigenvalue weighted by atomic mass is 10.0. The molecule has 3 atom stereocenters. The maximum atomic E-state index is 13.1. The van der Waals surface area contributed by atoms with Crippen LogP contribution in [0, 0.1) is 31.1 Å². The molecule has 162 valence electrons. The molecule has 29 heavy (non-hydrogen) atoms. The van der Waals surface area contributed by atoms with Crippen LogP contribution in [0.1, 0.15) is 71.5 Å². The molecule has 0 spiro atoms. The Kier molecular flexibility index (Phi) is 5.85. The van der Waals surface area contributed by atoms with Crippen molar-refractivity contribution in [3.05, 3.63) is 21.4 Å². The molecule has 0 aromatic carbocycles. The van der Waals surface area contributed by atoms with E-state index in [-0.39, 0.29) is 12.1 Å². The number of hydrogen-bond donors (Lipinski definition) is 0. The first-order valence-electron chi connectivity index (χ1n) is 10.5. The van der Waals surface area contributed by atoms with Gasteiger partial charge in [0.2, 0.25) is 0 Å². The number of aryl methyl sites for hydroxylation is 2. The van der Waals surface area contributed by atoms with E-state index in [1.165, 1.54) is 0 Å². The second-order valence-electron chi connectivity index (χ2n) is 10.4. The number of hydrogen-bond acceptors (Lipinski definition) is 5. The second-order valence-corrected chi connectivity index (χ2v) is 11.2. The molecule has 0 N–H and O–H groups in total. The predicted octanol–water partition coefficient (Wildman–Crippen LogP) is 5.36. The van der Waals surface area contributed by atoms with Crippen LogP contribution in [0.25, 0.3) is 0 Å². The minimum Gasteiger partial charge on any atom is -0.461 e. The summed E-state index contributed by atoms with van der Waals surface area (Å²) >= 11 is 3.77. The third kappa shape index (κ3) is 4.34. The van der Waals surface area contributed by atoms with Gasteiger partial charge in [-0.15, -0.1) is 0 Å². The van der Waals surface area contributed by atoms with Crippen LogP contribution in [0.5, 0.6) is 0 Å². The van der Waals surface area contributed by atoms with E-state index in [4.69, 9.17) is 14.5 Å². The molecular formula is C23H35BrN2O3. The highest BCUT2D eigenvalue weighted by molar-refractivity contribution is 9.10. The Labute approximate surface area is 183 Å². The predicted molar refractivity (Wildman–Crippen MR) is 119 cm³/mol. The third-order valence-electron chi connectivity index (χ3n) is 6.24. The molecule has 1 aromatic rings. The number of nitrogens with zero attached hydrogens (tertiary/aromatic N) is 2. The van der Waals surface area contributed by atoms with Gasteiger partial charge in [0, 0.05) is 24.3 Å². The van der Waals surface area contributed by atoms with Gasteiger partial charge in [-0.2, -0.15) is 0 Å². The zero-order valence-corrected chi connectivity index (χ0v) is 20.8. The summed E-state index contributed by atoms with van der Waals surface area (Å²) in [5.41, 5.74) is 3.51. The fraction of sp³-hybridized carbons (Fsp3) is 0.739. The maximum Gasteiger partial charge on any atom is 0.340 e. The van der Waals surface area contributed by atoms with Gasteiger partial charge in [-0.25, -0.2) is 4.79 Å². The monoisotopic (exact) mass is 466 g/mol. The first-order valence-corrected chi connectivity index (χ1v) is 11.3. The summed E-state index contributed by atoms with van der Waals surface area (Å²) in [6.45, 7) is 20.2. The van der Waals surface area contributed by atoms with E-state index in [9.17, 15) is 4.79 Å². The van der Waals surface area contributed by atoms with Gasteiger partial charge in [0.15, 0.2) is 6.10 Å². The molecule has 1 aliphatic carbocycles. The van der Waals surface area contributed by atoms with Crippen molar-refractivity contribution in [1.29, 1.82) is 0 Å². The highest BCUT2D eigenvalue weighted by atomic mass is 79.9. The molecule has 2 aliphatic rings. The number of carbonyl (C=O) groups excluding carboxylic acids is 1. The highest BCUT2D eigenvalue weighted by Crippen LogP contribution is 2.63. The van der Waals surface area contributed by atoms with Gasteiger partial charge in [-0.1, -0.05) is 13.8 Å². The molecule has 6 heteroatoms. The third-order valence-corrected chi connectivity index (χ3v) is 7.19. The minimum absolute atomic E-state index is 0.209. The lowest BCUT2D eigenvalue weighted by Crippen LogP contribution is -2.34. The highest BCUT2D eigenvalue weighted by Gasteiger charge is 2.62. The second kappa shape index (κ2) is 7.52. The van der Waals surface area contributed by atoms with E-state index in [0.717, 1.165) is 40.2 Å². The standard InChI is InChI=1S/C23H35BrN2O3/c1-12(2)28-21(27)20(29-22(5,6)7)17-13(3)25-14(4)18(24)19(17)26-10-15-16(11-26)23(15,8)9/h12,15-16,20H,10-11H2,1-9H3/t15?,16?,20-/m0/s1. The van der Waals surface area contributed by atoms with E-state index in [1.54, 1.807) is 0 Å². The number of aromatic nitrogens is 1. The van der Waals surface area contributed by atoms with Crippen molar-refractivity contribution in [2.24, 2.45) is 17.3 Å². The number of halogens is 1. The van der Waals surface area contributed by atoms with E-state index < -0.39 is 11.7 Å². The number of ether oxygens (including phenoxy) is 2. The van der Waals surface area contributed by atoms with E-state index in [0.29, 0.717) is 17.3 Å². The Balaban J connectivity index is 2.08. The Morgan fingerprint density at radius 3 is 2.21 bits per heavy atom. The van der Waals surface area contributed by atoms with Crippen molar-refractivity contribution >= 4 is 27.6 Å². The molecule has 2 heterocycles. The van der Waals surface area contributed by atoms with Crippen molar-refractivity contribution in [1.82, 2.24) is 4.98 Å². The number of fused-ring (bicyclic) bond motifs is 1. The van der Waals surface area contributed by atoms with Crippen LogP contribution in [0.4, 0.5) is 5.69 Å². The van der Waals surface area contributed by atoms with Crippen molar-refractivity contribution in [2.75, 3.05) is 18.0 Å².